The molecule has 1 unspecified atom stereocenters. The Morgan fingerprint density at radius 1 is 1.30 bits per heavy atom. The molecule has 0 saturated carbocycles. The van der Waals surface area contributed by atoms with Crippen LogP contribution in [0.15, 0.2) is 30.3 Å². The molecule has 128 valence electrons. The number of hydrogen-bond acceptors (Lipinski definition) is 3. The van der Waals surface area contributed by atoms with E-state index in [1.54, 1.807) is 11.8 Å². The molecule has 0 spiro atoms. The zero-order valence-corrected chi connectivity index (χ0v) is 15.3. The number of thioether (sulfide) groups is 1. The van der Waals surface area contributed by atoms with Crippen LogP contribution in [0.25, 0.3) is 0 Å². The van der Waals surface area contributed by atoms with Crippen molar-refractivity contribution < 1.29 is 4.79 Å². The Hall–Kier alpha value is -1.00. The van der Waals surface area contributed by atoms with Crippen LogP contribution in [0, 0.1) is 5.92 Å². The maximum Gasteiger partial charge on any atom is 0.232 e. The molecule has 0 bridgehead atoms. The highest BCUT2D eigenvalue weighted by Gasteiger charge is 2.16. The van der Waals surface area contributed by atoms with Gasteiger partial charge in [0.15, 0.2) is 0 Å². The van der Waals surface area contributed by atoms with Crippen LogP contribution >= 0.6 is 11.8 Å². The molecule has 0 aromatic heterocycles. The lowest BCUT2D eigenvalue weighted by Gasteiger charge is -2.30. The maximum absolute atomic E-state index is 12.1. The van der Waals surface area contributed by atoms with E-state index >= 15 is 0 Å². The molecular weight excluding hydrogens is 304 g/mol. The monoisotopic (exact) mass is 334 g/mol. The third-order valence-corrected chi connectivity index (χ3v) is 5.75. The summed E-state index contributed by atoms with van der Waals surface area (Å²) in [6, 6.07) is 10.3. The summed E-state index contributed by atoms with van der Waals surface area (Å²) < 4.78 is 0. The molecule has 1 aromatic carbocycles. The summed E-state index contributed by atoms with van der Waals surface area (Å²) in [5.41, 5.74) is 1.27. The number of likely N-dealkylation sites (tertiary alicyclic amines) is 1. The Balaban J connectivity index is 1.55. The molecule has 1 atom stereocenters. The van der Waals surface area contributed by atoms with E-state index < -0.39 is 0 Å². The third kappa shape index (κ3) is 6.96. The Morgan fingerprint density at radius 3 is 2.70 bits per heavy atom. The van der Waals surface area contributed by atoms with Gasteiger partial charge in [0.25, 0.3) is 0 Å². The van der Waals surface area contributed by atoms with Gasteiger partial charge in [-0.15, -0.1) is 11.8 Å². The normalized spacial score (nSPS) is 17.8. The Kier molecular flexibility index (Phi) is 7.96. The van der Waals surface area contributed by atoms with E-state index in [1.807, 2.05) is 25.1 Å². The second-order valence-electron chi connectivity index (χ2n) is 6.61. The first kappa shape index (κ1) is 18.3. The summed E-state index contributed by atoms with van der Waals surface area (Å²) in [6.45, 7) is 8.68. The second-order valence-corrected chi connectivity index (χ2v) is 7.94. The fourth-order valence-electron chi connectivity index (χ4n) is 2.81. The lowest BCUT2D eigenvalue weighted by atomic mass is 9.99. The third-order valence-electron chi connectivity index (χ3n) is 4.54. The number of rotatable bonds is 8. The number of amides is 1. The van der Waals surface area contributed by atoms with Gasteiger partial charge in [0.05, 0.1) is 5.25 Å². The van der Waals surface area contributed by atoms with Crippen LogP contribution in [-0.4, -0.2) is 42.2 Å². The average Bonchev–Trinajstić information content (AvgIpc) is 2.59. The number of carbonyl (C=O) groups is 1. The average molecular weight is 335 g/mol. The SMILES string of the molecule is CC1CCN(CCCNC(=O)C(C)SCc2ccccc2)CC1. The van der Waals surface area contributed by atoms with Crippen LogP contribution in [0.4, 0.5) is 0 Å². The van der Waals surface area contributed by atoms with Crippen molar-refractivity contribution in [3.63, 3.8) is 0 Å². The largest absolute Gasteiger partial charge is 0.355 e. The summed E-state index contributed by atoms with van der Waals surface area (Å²) in [5.74, 6) is 1.94. The van der Waals surface area contributed by atoms with Crippen LogP contribution in [0.2, 0.25) is 0 Å². The van der Waals surface area contributed by atoms with Crippen molar-refractivity contribution in [3.8, 4) is 0 Å². The molecule has 1 fully saturated rings. The molecule has 23 heavy (non-hydrogen) atoms. The molecule has 1 heterocycles. The van der Waals surface area contributed by atoms with Gasteiger partial charge in [-0.05, 0) is 57.3 Å². The van der Waals surface area contributed by atoms with Gasteiger partial charge in [-0.3, -0.25) is 4.79 Å². The molecule has 1 aliphatic heterocycles. The zero-order chi connectivity index (χ0) is 16.5. The molecule has 1 aromatic rings. The topological polar surface area (TPSA) is 32.3 Å². The van der Waals surface area contributed by atoms with E-state index in [9.17, 15) is 4.79 Å². The summed E-state index contributed by atoms with van der Waals surface area (Å²) in [4.78, 5) is 14.6. The first-order valence-corrected chi connectivity index (χ1v) is 9.85. The van der Waals surface area contributed by atoms with Gasteiger partial charge in [-0.2, -0.15) is 0 Å². The lowest BCUT2D eigenvalue weighted by Crippen LogP contribution is -2.36. The number of hydrogen-bond donors (Lipinski definition) is 1. The Bertz CT molecular complexity index is 458. The van der Waals surface area contributed by atoms with Crippen LogP contribution in [-0.2, 0) is 10.5 Å². The number of benzene rings is 1. The molecule has 1 amide bonds. The smallest absolute Gasteiger partial charge is 0.232 e. The molecular formula is C19H30N2OS. The first-order chi connectivity index (χ1) is 11.1. The molecule has 2 rings (SSSR count). The van der Waals surface area contributed by atoms with Gasteiger partial charge >= 0.3 is 0 Å². The summed E-state index contributed by atoms with van der Waals surface area (Å²) in [5, 5.41) is 3.09. The summed E-state index contributed by atoms with van der Waals surface area (Å²) >= 11 is 1.70. The van der Waals surface area contributed by atoms with E-state index in [2.05, 4.69) is 29.3 Å². The molecule has 3 nitrogen and oxygen atoms in total. The highest BCUT2D eigenvalue weighted by atomic mass is 32.2. The number of nitrogens with one attached hydrogen (secondary N) is 1. The zero-order valence-electron chi connectivity index (χ0n) is 14.5. The van der Waals surface area contributed by atoms with Crippen molar-refractivity contribution in [3.05, 3.63) is 35.9 Å². The standard InChI is InChI=1S/C19H30N2OS/c1-16-9-13-21(14-10-16)12-6-11-20-19(22)17(2)23-15-18-7-4-3-5-8-18/h3-5,7-8,16-17H,6,9-15H2,1-2H3,(H,20,22). The van der Waals surface area contributed by atoms with Crippen molar-refractivity contribution in [2.24, 2.45) is 5.92 Å². The Morgan fingerprint density at radius 2 is 2.00 bits per heavy atom. The van der Waals surface area contributed by atoms with E-state index in [0.29, 0.717) is 0 Å². The van der Waals surface area contributed by atoms with E-state index in [0.717, 1.165) is 31.2 Å². The van der Waals surface area contributed by atoms with Crippen molar-refractivity contribution in [1.82, 2.24) is 10.2 Å². The molecule has 4 heteroatoms. The van der Waals surface area contributed by atoms with Crippen LogP contribution in [0.1, 0.15) is 38.7 Å². The van der Waals surface area contributed by atoms with Crippen molar-refractivity contribution in [2.45, 2.75) is 44.1 Å². The molecule has 1 saturated heterocycles. The fourth-order valence-corrected chi connectivity index (χ4v) is 3.68. The lowest BCUT2D eigenvalue weighted by molar-refractivity contribution is -0.120. The molecule has 1 N–H and O–H groups in total. The van der Waals surface area contributed by atoms with Crippen molar-refractivity contribution in [1.29, 1.82) is 0 Å². The van der Waals surface area contributed by atoms with Crippen LogP contribution in [0.5, 0.6) is 0 Å². The molecule has 0 aliphatic carbocycles. The van der Waals surface area contributed by atoms with Gasteiger partial charge in [-0.1, -0.05) is 37.3 Å². The number of nitrogens with zero attached hydrogens (tertiary/aromatic N) is 1. The van der Waals surface area contributed by atoms with Gasteiger partial charge in [0.2, 0.25) is 5.91 Å². The second kappa shape index (κ2) is 9.99. The minimum atomic E-state index is 0.00559. The predicted molar refractivity (Wildman–Crippen MR) is 99.7 cm³/mol. The van der Waals surface area contributed by atoms with E-state index in [4.69, 9.17) is 0 Å². The molecule has 1 aliphatic rings. The predicted octanol–water partition coefficient (Wildman–Crippen LogP) is 3.55. The quantitative estimate of drug-likeness (QED) is 0.738. The van der Waals surface area contributed by atoms with Crippen LogP contribution in [0.3, 0.4) is 0 Å². The van der Waals surface area contributed by atoms with Crippen molar-refractivity contribution >= 4 is 17.7 Å². The van der Waals surface area contributed by atoms with Gasteiger partial charge < -0.3 is 10.2 Å². The maximum atomic E-state index is 12.1. The molecule has 0 radical (unpaired) electrons. The number of carbonyl (C=O) groups excluding carboxylic acids is 1. The van der Waals surface area contributed by atoms with E-state index in [1.165, 1.54) is 31.5 Å². The highest BCUT2D eigenvalue weighted by molar-refractivity contribution is 7.99. The minimum Gasteiger partial charge on any atom is -0.355 e. The van der Waals surface area contributed by atoms with Gasteiger partial charge in [0, 0.05) is 12.3 Å². The van der Waals surface area contributed by atoms with Crippen LogP contribution < -0.4 is 5.32 Å². The minimum absolute atomic E-state index is 0.00559. The highest BCUT2D eigenvalue weighted by Crippen LogP contribution is 2.18. The Labute approximate surface area is 145 Å². The number of piperidine rings is 1. The fraction of sp³-hybridized carbons (Fsp3) is 0.632. The summed E-state index contributed by atoms with van der Waals surface area (Å²) in [6.07, 6.45) is 3.69. The van der Waals surface area contributed by atoms with Gasteiger partial charge in [0.1, 0.15) is 0 Å². The first-order valence-electron chi connectivity index (χ1n) is 8.80. The van der Waals surface area contributed by atoms with E-state index in [-0.39, 0.29) is 11.2 Å². The van der Waals surface area contributed by atoms with Gasteiger partial charge in [-0.25, -0.2) is 0 Å². The summed E-state index contributed by atoms with van der Waals surface area (Å²) in [7, 11) is 0. The van der Waals surface area contributed by atoms with Crippen molar-refractivity contribution in [2.75, 3.05) is 26.2 Å².